The zero-order valence-electron chi connectivity index (χ0n) is 20.0. The van der Waals surface area contributed by atoms with E-state index in [0.717, 1.165) is 66.8 Å². The van der Waals surface area contributed by atoms with Crippen LogP contribution >= 0.6 is 11.6 Å². The van der Waals surface area contributed by atoms with Crippen molar-refractivity contribution in [3.05, 3.63) is 53.6 Å². The fourth-order valence-corrected chi connectivity index (χ4v) is 4.81. The van der Waals surface area contributed by atoms with E-state index in [1.54, 1.807) is 0 Å². The Labute approximate surface area is 206 Å². The van der Waals surface area contributed by atoms with Crippen LogP contribution in [-0.2, 0) is 11.3 Å². The van der Waals surface area contributed by atoms with Crippen molar-refractivity contribution in [2.45, 2.75) is 51.8 Å². The van der Waals surface area contributed by atoms with Gasteiger partial charge >= 0.3 is 0 Å². The normalized spacial score (nSPS) is 16.8. The molecule has 0 aliphatic carbocycles. The van der Waals surface area contributed by atoms with Gasteiger partial charge in [0.1, 0.15) is 12.3 Å². The number of nitrogens with zero attached hydrogens (tertiary/aromatic N) is 2. The second-order valence-corrected chi connectivity index (χ2v) is 9.80. The molecule has 1 fully saturated rings. The molecule has 2 heterocycles. The van der Waals surface area contributed by atoms with Crippen LogP contribution in [0.1, 0.15) is 33.1 Å². The molecular formula is C27H34ClN3O3. The number of piperidine rings is 1. The van der Waals surface area contributed by atoms with Gasteiger partial charge in [0.15, 0.2) is 0 Å². The fraction of sp³-hybridized carbons (Fsp3) is 0.444. The van der Waals surface area contributed by atoms with Gasteiger partial charge in [0.2, 0.25) is 5.91 Å². The average Bonchev–Trinajstić information content (AvgIpc) is 3.14. The van der Waals surface area contributed by atoms with Crippen LogP contribution < -0.4 is 10.1 Å². The number of aliphatic hydroxyl groups excluding tert-OH is 1. The molecule has 1 aliphatic rings. The minimum Gasteiger partial charge on any atom is -0.494 e. The van der Waals surface area contributed by atoms with Gasteiger partial charge in [-0.05, 0) is 81.6 Å². The molecule has 0 saturated carbocycles. The van der Waals surface area contributed by atoms with E-state index in [0.29, 0.717) is 11.6 Å². The molecule has 1 aromatic heterocycles. The largest absolute Gasteiger partial charge is 0.494 e. The number of aliphatic hydroxyl groups is 1. The molecule has 3 aromatic rings. The Bertz CT molecular complexity index is 1130. The Morgan fingerprint density at radius 1 is 1.24 bits per heavy atom. The first-order chi connectivity index (χ1) is 16.4. The highest BCUT2D eigenvalue weighted by atomic mass is 35.5. The summed E-state index contributed by atoms with van der Waals surface area (Å²) in [7, 11) is 0. The van der Waals surface area contributed by atoms with Gasteiger partial charge in [0, 0.05) is 40.8 Å². The summed E-state index contributed by atoms with van der Waals surface area (Å²) < 4.78 is 8.07. The number of fused-ring (bicyclic) bond motifs is 1. The Hall–Kier alpha value is -2.54. The maximum Gasteiger partial charge on any atom is 0.240 e. The lowest BCUT2D eigenvalue weighted by Gasteiger charge is -2.29. The molecular weight excluding hydrogens is 450 g/mol. The first-order valence-electron chi connectivity index (χ1n) is 12.1. The number of β-amino-alcohol motifs (C(OH)–C–C–N with tert-alkyl or cyclic N) is 1. The maximum atomic E-state index is 12.6. The highest BCUT2D eigenvalue weighted by Crippen LogP contribution is 2.32. The van der Waals surface area contributed by atoms with E-state index in [9.17, 15) is 9.90 Å². The van der Waals surface area contributed by atoms with Crippen LogP contribution in [0.4, 0.5) is 0 Å². The molecule has 6 nitrogen and oxygen atoms in total. The number of likely N-dealkylation sites (tertiary alicyclic amines) is 1. The summed E-state index contributed by atoms with van der Waals surface area (Å²) in [5.74, 6) is 0.784. The van der Waals surface area contributed by atoms with E-state index in [-0.39, 0.29) is 24.6 Å². The number of carbonyl (C=O) groups excluding carboxylic acids is 1. The summed E-state index contributed by atoms with van der Waals surface area (Å²) in [5.41, 5.74) is 2.88. The fourth-order valence-electron chi connectivity index (χ4n) is 4.62. The highest BCUT2D eigenvalue weighted by Gasteiger charge is 2.17. The summed E-state index contributed by atoms with van der Waals surface area (Å²) in [6.45, 7) is 7.51. The Kier molecular flexibility index (Phi) is 8.14. The molecule has 4 rings (SSSR count). The first-order valence-corrected chi connectivity index (χ1v) is 12.5. The van der Waals surface area contributed by atoms with Crippen molar-refractivity contribution in [2.75, 3.05) is 26.2 Å². The van der Waals surface area contributed by atoms with Crippen molar-refractivity contribution < 1.29 is 14.6 Å². The molecule has 2 aromatic carbocycles. The van der Waals surface area contributed by atoms with Crippen LogP contribution in [0.3, 0.4) is 0 Å². The topological polar surface area (TPSA) is 66.7 Å². The molecule has 1 saturated heterocycles. The number of aromatic nitrogens is 1. The number of halogens is 1. The summed E-state index contributed by atoms with van der Waals surface area (Å²) in [5, 5.41) is 14.5. The van der Waals surface area contributed by atoms with Crippen LogP contribution in [0.25, 0.3) is 22.2 Å². The quantitative estimate of drug-likeness (QED) is 0.432. The number of hydrogen-bond acceptors (Lipinski definition) is 4. The molecule has 0 radical (unpaired) electrons. The Morgan fingerprint density at radius 3 is 2.85 bits per heavy atom. The van der Waals surface area contributed by atoms with Crippen LogP contribution in [-0.4, -0.2) is 58.9 Å². The van der Waals surface area contributed by atoms with Crippen LogP contribution in [0, 0.1) is 0 Å². The van der Waals surface area contributed by atoms with Crippen molar-refractivity contribution in [3.8, 4) is 17.0 Å². The second kappa shape index (κ2) is 11.3. The molecule has 1 amide bonds. The minimum atomic E-state index is -0.197. The SMILES string of the molecule is CC(C)NC(=O)Cn1c(-c2cccc(Cl)c2)cc2cc(OCCCN3CCCC(O)C3)ccc21. The van der Waals surface area contributed by atoms with E-state index >= 15 is 0 Å². The van der Waals surface area contributed by atoms with E-state index in [1.165, 1.54) is 0 Å². The molecule has 0 bridgehead atoms. The number of rotatable bonds is 9. The molecule has 7 heteroatoms. The molecule has 1 atom stereocenters. The van der Waals surface area contributed by atoms with Gasteiger partial charge < -0.3 is 24.6 Å². The zero-order valence-corrected chi connectivity index (χ0v) is 20.7. The lowest BCUT2D eigenvalue weighted by Crippen LogP contribution is -2.39. The summed E-state index contributed by atoms with van der Waals surface area (Å²) in [6, 6.07) is 15.9. The van der Waals surface area contributed by atoms with Gasteiger partial charge in [-0.3, -0.25) is 4.79 Å². The third-order valence-corrected chi connectivity index (χ3v) is 6.35. The minimum absolute atomic E-state index is 0.0288. The highest BCUT2D eigenvalue weighted by molar-refractivity contribution is 6.30. The number of ether oxygens (including phenoxy) is 1. The van der Waals surface area contributed by atoms with Crippen LogP contribution in [0.15, 0.2) is 48.5 Å². The second-order valence-electron chi connectivity index (χ2n) is 9.37. The summed E-state index contributed by atoms with van der Waals surface area (Å²) >= 11 is 6.25. The van der Waals surface area contributed by atoms with Crippen LogP contribution in [0.5, 0.6) is 5.75 Å². The van der Waals surface area contributed by atoms with Crippen molar-refractivity contribution >= 4 is 28.4 Å². The number of benzene rings is 2. The van der Waals surface area contributed by atoms with Crippen LogP contribution in [0.2, 0.25) is 5.02 Å². The smallest absolute Gasteiger partial charge is 0.240 e. The Morgan fingerprint density at radius 2 is 2.09 bits per heavy atom. The molecule has 34 heavy (non-hydrogen) atoms. The van der Waals surface area contributed by atoms with E-state index in [1.807, 2.05) is 60.9 Å². The van der Waals surface area contributed by atoms with E-state index in [4.69, 9.17) is 16.3 Å². The van der Waals surface area contributed by atoms with Gasteiger partial charge in [-0.25, -0.2) is 0 Å². The van der Waals surface area contributed by atoms with Gasteiger partial charge in [-0.1, -0.05) is 23.7 Å². The summed E-state index contributed by atoms with van der Waals surface area (Å²) in [4.78, 5) is 14.9. The first kappa shape index (κ1) is 24.6. The monoisotopic (exact) mass is 483 g/mol. The Balaban J connectivity index is 1.50. The van der Waals surface area contributed by atoms with Gasteiger partial charge in [-0.2, -0.15) is 0 Å². The molecule has 182 valence electrons. The lowest BCUT2D eigenvalue weighted by molar-refractivity contribution is -0.122. The van der Waals surface area contributed by atoms with E-state index in [2.05, 4.69) is 16.3 Å². The average molecular weight is 484 g/mol. The molecule has 0 spiro atoms. The summed E-state index contributed by atoms with van der Waals surface area (Å²) in [6.07, 6.45) is 2.68. The van der Waals surface area contributed by atoms with Crippen molar-refractivity contribution in [3.63, 3.8) is 0 Å². The van der Waals surface area contributed by atoms with Crippen molar-refractivity contribution in [1.82, 2.24) is 14.8 Å². The molecule has 1 unspecified atom stereocenters. The maximum absolute atomic E-state index is 12.6. The number of carbonyl (C=O) groups is 1. The number of hydrogen-bond donors (Lipinski definition) is 2. The number of amides is 1. The predicted octanol–water partition coefficient (Wildman–Crippen LogP) is 4.71. The third-order valence-electron chi connectivity index (χ3n) is 6.11. The predicted molar refractivity (Wildman–Crippen MR) is 137 cm³/mol. The van der Waals surface area contributed by atoms with E-state index < -0.39 is 0 Å². The van der Waals surface area contributed by atoms with Crippen molar-refractivity contribution in [1.29, 1.82) is 0 Å². The van der Waals surface area contributed by atoms with Gasteiger partial charge in [0.05, 0.1) is 12.7 Å². The number of nitrogens with one attached hydrogen (secondary N) is 1. The standard InChI is InChI=1S/C27H34ClN3O3/c1-19(2)29-27(33)18-31-25-10-9-24(34-13-5-12-30-11-4-8-23(32)17-30)15-21(25)16-26(31)20-6-3-7-22(28)14-20/h3,6-7,9-10,14-16,19,23,32H,4-5,8,11-13,17-18H2,1-2H3,(H,29,33). The van der Waals surface area contributed by atoms with Gasteiger partial charge in [0.25, 0.3) is 0 Å². The zero-order chi connectivity index (χ0) is 24.1. The third kappa shape index (κ3) is 6.32. The molecule has 1 aliphatic heterocycles. The lowest BCUT2D eigenvalue weighted by atomic mass is 10.1. The van der Waals surface area contributed by atoms with Crippen molar-refractivity contribution in [2.24, 2.45) is 0 Å². The molecule has 2 N–H and O–H groups in total. The van der Waals surface area contributed by atoms with Gasteiger partial charge in [-0.15, -0.1) is 0 Å².